The molecule has 6 nitrogen and oxygen atoms in total. The summed E-state index contributed by atoms with van der Waals surface area (Å²) in [5.74, 6) is 0.646. The Labute approximate surface area is 144 Å². The van der Waals surface area contributed by atoms with E-state index < -0.39 is 12.2 Å². The zero-order valence-corrected chi connectivity index (χ0v) is 13.8. The maximum Gasteiger partial charge on any atom is 0.308 e. The Morgan fingerprint density at radius 3 is 2.20 bits per heavy atom. The summed E-state index contributed by atoms with van der Waals surface area (Å²) in [5.41, 5.74) is 8.60. The number of benzene rings is 2. The van der Waals surface area contributed by atoms with Crippen LogP contribution in [0.25, 0.3) is 11.6 Å². The molecule has 0 bridgehead atoms. The van der Waals surface area contributed by atoms with Crippen molar-refractivity contribution in [1.29, 1.82) is 0 Å². The van der Waals surface area contributed by atoms with Gasteiger partial charge in [-0.05, 0) is 35.9 Å². The summed E-state index contributed by atoms with van der Waals surface area (Å²) in [5, 5.41) is 0. The molecular formula is C19H17NO5. The van der Waals surface area contributed by atoms with Crippen LogP contribution in [0.3, 0.4) is 0 Å². The van der Waals surface area contributed by atoms with Crippen molar-refractivity contribution in [3.05, 3.63) is 53.6 Å². The Bertz CT molecular complexity index is 855. The van der Waals surface area contributed by atoms with Gasteiger partial charge in [-0.25, -0.2) is 0 Å². The number of ether oxygens (including phenoxy) is 3. The highest BCUT2D eigenvalue weighted by atomic mass is 16.5. The molecule has 0 radical (unpaired) electrons. The van der Waals surface area contributed by atoms with Crippen LogP contribution in [-0.4, -0.2) is 18.2 Å². The van der Waals surface area contributed by atoms with Crippen molar-refractivity contribution in [3.63, 3.8) is 0 Å². The fraction of sp³-hybridized carbons (Fsp3) is 0.158. The molecule has 1 atom stereocenters. The van der Waals surface area contributed by atoms with E-state index in [2.05, 4.69) is 0 Å². The molecule has 2 aromatic rings. The molecule has 0 fully saturated rings. The molecular weight excluding hydrogens is 322 g/mol. The Morgan fingerprint density at radius 1 is 0.960 bits per heavy atom. The van der Waals surface area contributed by atoms with Crippen LogP contribution in [0.2, 0.25) is 0 Å². The lowest BCUT2D eigenvalue weighted by molar-refractivity contribution is -0.132. The highest BCUT2D eigenvalue weighted by molar-refractivity contribution is 5.87. The minimum atomic E-state index is -0.667. The topological polar surface area (TPSA) is 87.8 Å². The highest BCUT2D eigenvalue weighted by Crippen LogP contribution is 2.35. The summed E-state index contributed by atoms with van der Waals surface area (Å²) in [6, 6.07) is 12.1. The first-order chi connectivity index (χ1) is 11.9. The van der Waals surface area contributed by atoms with Crippen LogP contribution < -0.4 is 19.9 Å². The van der Waals surface area contributed by atoms with E-state index in [1.54, 1.807) is 30.3 Å². The number of nitrogens with two attached hydrogens (primary N) is 1. The maximum absolute atomic E-state index is 11.0. The van der Waals surface area contributed by atoms with Gasteiger partial charge in [-0.2, -0.15) is 0 Å². The predicted molar refractivity (Wildman–Crippen MR) is 92.0 cm³/mol. The van der Waals surface area contributed by atoms with Crippen molar-refractivity contribution in [2.24, 2.45) is 5.73 Å². The number of rotatable bonds is 3. The average Bonchev–Trinajstić information content (AvgIpc) is 2.54. The molecule has 0 spiro atoms. The molecule has 0 saturated heterocycles. The first-order valence-corrected chi connectivity index (χ1v) is 7.67. The van der Waals surface area contributed by atoms with Gasteiger partial charge < -0.3 is 14.2 Å². The van der Waals surface area contributed by atoms with E-state index >= 15 is 0 Å². The maximum atomic E-state index is 11.0. The number of esters is 2. The van der Waals surface area contributed by atoms with Gasteiger partial charge in [0.2, 0.25) is 0 Å². The van der Waals surface area contributed by atoms with Crippen molar-refractivity contribution >= 4 is 23.6 Å². The van der Waals surface area contributed by atoms with E-state index in [1.807, 2.05) is 18.2 Å². The predicted octanol–water partition coefficient (Wildman–Crippen LogP) is 2.75. The van der Waals surface area contributed by atoms with Crippen molar-refractivity contribution in [2.75, 3.05) is 0 Å². The van der Waals surface area contributed by atoms with E-state index in [9.17, 15) is 9.59 Å². The summed E-state index contributed by atoms with van der Waals surface area (Å²) in [6.45, 7) is 2.69. The van der Waals surface area contributed by atoms with Crippen LogP contribution in [0.15, 0.2) is 42.5 Å². The monoisotopic (exact) mass is 339 g/mol. The van der Waals surface area contributed by atoms with Gasteiger partial charge in [-0.1, -0.05) is 12.1 Å². The van der Waals surface area contributed by atoms with Gasteiger partial charge in [0.25, 0.3) is 0 Å². The Balaban J connectivity index is 1.89. The third-order valence-corrected chi connectivity index (χ3v) is 3.57. The Hall–Kier alpha value is -3.12. The SMILES string of the molecule is CC(=O)Oc1ccc(C2=Cc3ccc(OC(C)=O)cc3OC2N)cc1. The van der Waals surface area contributed by atoms with Gasteiger partial charge in [-0.15, -0.1) is 0 Å². The van der Waals surface area contributed by atoms with Crippen LogP contribution in [0.1, 0.15) is 25.0 Å². The van der Waals surface area contributed by atoms with Crippen LogP contribution in [-0.2, 0) is 9.59 Å². The number of hydrogen-bond donors (Lipinski definition) is 1. The number of carbonyl (C=O) groups is 2. The van der Waals surface area contributed by atoms with Gasteiger partial charge in [-0.3, -0.25) is 15.3 Å². The average molecular weight is 339 g/mol. The van der Waals surface area contributed by atoms with E-state index in [4.69, 9.17) is 19.9 Å². The molecule has 0 aromatic heterocycles. The molecule has 25 heavy (non-hydrogen) atoms. The summed E-state index contributed by atoms with van der Waals surface area (Å²) in [6.07, 6.45) is 1.25. The van der Waals surface area contributed by atoms with E-state index in [1.165, 1.54) is 13.8 Å². The number of hydrogen-bond acceptors (Lipinski definition) is 6. The molecule has 0 amide bonds. The summed E-state index contributed by atoms with van der Waals surface area (Å²) < 4.78 is 15.8. The minimum Gasteiger partial charge on any atom is -0.471 e. The normalized spacial score (nSPS) is 15.5. The molecule has 2 N–H and O–H groups in total. The quantitative estimate of drug-likeness (QED) is 0.683. The fourth-order valence-electron chi connectivity index (χ4n) is 2.54. The summed E-state index contributed by atoms with van der Waals surface area (Å²) in [4.78, 5) is 22.0. The molecule has 0 aliphatic carbocycles. The first-order valence-electron chi connectivity index (χ1n) is 7.67. The zero-order chi connectivity index (χ0) is 18.0. The van der Waals surface area contributed by atoms with E-state index in [0.29, 0.717) is 17.2 Å². The lowest BCUT2D eigenvalue weighted by Gasteiger charge is -2.25. The van der Waals surface area contributed by atoms with Crippen LogP contribution in [0, 0.1) is 0 Å². The largest absolute Gasteiger partial charge is 0.471 e. The molecule has 0 saturated carbocycles. The lowest BCUT2D eigenvalue weighted by Crippen LogP contribution is -2.30. The first kappa shape index (κ1) is 16.7. The van der Waals surface area contributed by atoms with Crippen molar-refractivity contribution in [2.45, 2.75) is 20.1 Å². The molecule has 128 valence electrons. The summed E-state index contributed by atoms with van der Waals surface area (Å²) in [7, 11) is 0. The second kappa shape index (κ2) is 6.78. The highest BCUT2D eigenvalue weighted by Gasteiger charge is 2.21. The van der Waals surface area contributed by atoms with Gasteiger partial charge in [0.15, 0.2) is 6.23 Å². The summed E-state index contributed by atoms with van der Waals surface area (Å²) >= 11 is 0. The van der Waals surface area contributed by atoms with Crippen molar-refractivity contribution in [3.8, 4) is 17.2 Å². The molecule has 1 aliphatic rings. The van der Waals surface area contributed by atoms with E-state index in [0.717, 1.165) is 16.7 Å². The lowest BCUT2D eigenvalue weighted by atomic mass is 9.98. The smallest absolute Gasteiger partial charge is 0.308 e. The Kier molecular flexibility index (Phi) is 4.54. The van der Waals surface area contributed by atoms with Crippen LogP contribution in [0.4, 0.5) is 0 Å². The second-order valence-corrected chi connectivity index (χ2v) is 5.55. The molecule has 1 unspecified atom stereocenters. The number of fused-ring (bicyclic) bond motifs is 1. The molecule has 2 aromatic carbocycles. The van der Waals surface area contributed by atoms with Gasteiger partial charge >= 0.3 is 11.9 Å². The van der Waals surface area contributed by atoms with Gasteiger partial charge in [0, 0.05) is 31.1 Å². The van der Waals surface area contributed by atoms with Gasteiger partial charge in [0.05, 0.1) is 0 Å². The molecule has 1 heterocycles. The second-order valence-electron chi connectivity index (χ2n) is 5.55. The van der Waals surface area contributed by atoms with E-state index in [-0.39, 0.29) is 5.97 Å². The van der Waals surface area contributed by atoms with Crippen molar-refractivity contribution in [1.82, 2.24) is 0 Å². The van der Waals surface area contributed by atoms with Crippen molar-refractivity contribution < 1.29 is 23.8 Å². The standard InChI is InChI=1S/C19H17NO5/c1-11(21)23-15-6-3-13(4-7-15)17-9-14-5-8-16(24-12(2)22)10-18(14)25-19(17)20/h3-10,19H,20H2,1-2H3. The Morgan fingerprint density at radius 2 is 1.56 bits per heavy atom. The fourth-order valence-corrected chi connectivity index (χ4v) is 2.54. The number of carbonyl (C=O) groups excluding carboxylic acids is 2. The van der Waals surface area contributed by atoms with Crippen LogP contribution >= 0.6 is 0 Å². The third-order valence-electron chi connectivity index (χ3n) is 3.57. The molecule has 6 heteroatoms. The van der Waals surface area contributed by atoms with Gasteiger partial charge in [0.1, 0.15) is 17.2 Å². The molecule has 1 aliphatic heterocycles. The van der Waals surface area contributed by atoms with Crippen LogP contribution in [0.5, 0.6) is 17.2 Å². The molecule has 3 rings (SSSR count). The third kappa shape index (κ3) is 3.87. The zero-order valence-electron chi connectivity index (χ0n) is 13.8. The minimum absolute atomic E-state index is 0.373.